The fourth-order valence-electron chi connectivity index (χ4n) is 6.68. The van der Waals surface area contributed by atoms with Crippen molar-refractivity contribution in [2.75, 3.05) is 19.5 Å². The Balaban J connectivity index is 1.77. The fraction of sp³-hybridized carbons (Fsp3) is 0.571. The number of hydrogen-bond donors (Lipinski definition) is 0. The van der Waals surface area contributed by atoms with Crippen molar-refractivity contribution in [3.05, 3.63) is 48.6 Å². The highest BCUT2D eigenvalue weighted by atomic mass is 32.2. The van der Waals surface area contributed by atoms with Crippen LogP contribution in [0, 0.1) is 0 Å². The first kappa shape index (κ1) is 37.2. The normalized spacial score (nSPS) is 13.1. The molecule has 0 unspecified atom stereocenters. The van der Waals surface area contributed by atoms with E-state index in [1.54, 1.807) is 12.3 Å². The van der Waals surface area contributed by atoms with Crippen LogP contribution >= 0.6 is 0 Å². The summed E-state index contributed by atoms with van der Waals surface area (Å²) in [6, 6.07) is 10.6. The van der Waals surface area contributed by atoms with Crippen molar-refractivity contribution in [1.82, 2.24) is 19.5 Å². The summed E-state index contributed by atoms with van der Waals surface area (Å²) in [7, 11) is -4.88. The molecular formula is C35H52N4O5SSi2. The summed E-state index contributed by atoms with van der Waals surface area (Å²) >= 11 is 0. The number of fused-ring (bicyclic) bond motifs is 1. The van der Waals surface area contributed by atoms with Gasteiger partial charge in [-0.15, -0.1) is 0 Å². The fourth-order valence-corrected chi connectivity index (χ4v) is 13.7. The number of rotatable bonds is 16. The molecule has 0 aliphatic carbocycles. The minimum atomic E-state index is -3.64. The van der Waals surface area contributed by atoms with Crippen molar-refractivity contribution < 1.29 is 22.0 Å². The molecule has 0 spiro atoms. The number of benzene rings is 1. The molecule has 2 radical (unpaired) electrons. The zero-order valence-corrected chi connectivity index (χ0v) is 32.6. The van der Waals surface area contributed by atoms with Crippen molar-refractivity contribution in [3.8, 4) is 22.6 Å². The molecule has 0 N–H and O–H groups in total. The molecule has 3 heterocycles. The van der Waals surface area contributed by atoms with Gasteiger partial charge in [0.1, 0.15) is 18.1 Å². The largest absolute Gasteiger partial charge is 0.464 e. The first-order valence-electron chi connectivity index (χ1n) is 16.6. The number of hydrogen-bond acceptors (Lipinski definition) is 8. The van der Waals surface area contributed by atoms with Crippen LogP contribution in [-0.4, -0.2) is 65.2 Å². The van der Waals surface area contributed by atoms with E-state index in [2.05, 4.69) is 72.3 Å². The lowest BCUT2D eigenvalue weighted by Gasteiger charge is -2.42. The van der Waals surface area contributed by atoms with Crippen LogP contribution in [-0.2, 0) is 32.2 Å². The van der Waals surface area contributed by atoms with E-state index in [0.29, 0.717) is 53.3 Å². The lowest BCUT2D eigenvalue weighted by atomic mass is 10.1. The second-order valence-corrected chi connectivity index (χ2v) is 24.0. The van der Waals surface area contributed by atoms with E-state index in [9.17, 15) is 8.42 Å². The minimum Gasteiger partial charge on any atom is -0.464 e. The van der Waals surface area contributed by atoms with Gasteiger partial charge < -0.3 is 18.1 Å². The second kappa shape index (κ2) is 15.3. The van der Waals surface area contributed by atoms with Crippen LogP contribution < -0.4 is 0 Å². The summed E-state index contributed by atoms with van der Waals surface area (Å²) < 4.78 is 46.0. The van der Waals surface area contributed by atoms with Crippen molar-refractivity contribution in [1.29, 1.82) is 0 Å². The zero-order chi connectivity index (χ0) is 34.6. The molecule has 0 atom stereocenters. The Kier molecular flexibility index (Phi) is 12.1. The highest BCUT2D eigenvalue weighted by Gasteiger charge is 2.44. The molecule has 1 aromatic carbocycles. The third-order valence-electron chi connectivity index (χ3n) is 8.71. The molecule has 3 aromatic heterocycles. The highest BCUT2D eigenvalue weighted by molar-refractivity contribution is 7.90. The van der Waals surface area contributed by atoms with Crippen molar-refractivity contribution in [2.45, 2.75) is 115 Å². The Morgan fingerprint density at radius 3 is 2.32 bits per heavy atom. The summed E-state index contributed by atoms with van der Waals surface area (Å²) in [6.07, 6.45) is 5.73. The van der Waals surface area contributed by atoms with Crippen molar-refractivity contribution in [3.63, 3.8) is 0 Å². The lowest BCUT2D eigenvalue weighted by Crippen LogP contribution is -2.48. The van der Waals surface area contributed by atoms with E-state index < -0.39 is 18.2 Å². The van der Waals surface area contributed by atoms with Gasteiger partial charge in [-0.2, -0.15) is 0 Å². The Hall–Kier alpha value is -2.65. The highest BCUT2D eigenvalue weighted by Crippen LogP contribution is 2.42. The molecule has 0 aliphatic heterocycles. The Bertz CT molecular complexity index is 1720. The summed E-state index contributed by atoms with van der Waals surface area (Å²) in [6.45, 7) is 22.1. The third kappa shape index (κ3) is 8.88. The molecule has 0 saturated heterocycles. The molecule has 0 saturated carbocycles. The topological polar surface area (TPSA) is 109 Å². The van der Waals surface area contributed by atoms with Crippen LogP contribution in [0.25, 0.3) is 33.6 Å². The number of imidazole rings is 1. The molecule has 9 nitrogen and oxygen atoms in total. The molecule has 0 amide bonds. The van der Waals surface area contributed by atoms with Crippen molar-refractivity contribution >= 4 is 38.6 Å². The van der Waals surface area contributed by atoms with Gasteiger partial charge in [0, 0.05) is 52.6 Å². The molecule has 256 valence electrons. The summed E-state index contributed by atoms with van der Waals surface area (Å²) in [5.74, 6) is 0.835. The molecule has 4 aromatic rings. The van der Waals surface area contributed by atoms with E-state index in [0.717, 1.165) is 50.6 Å². The van der Waals surface area contributed by atoms with Crippen LogP contribution in [0.5, 0.6) is 0 Å². The maximum absolute atomic E-state index is 12.5. The number of ether oxygens (including phenoxy) is 1. The molecule has 12 heteroatoms. The van der Waals surface area contributed by atoms with Crippen LogP contribution in [0.3, 0.4) is 0 Å². The summed E-state index contributed by atoms with van der Waals surface area (Å²) in [4.78, 5) is 13.8. The molecular weight excluding hydrogens is 645 g/mol. The third-order valence-corrected chi connectivity index (χ3v) is 17.2. The Morgan fingerprint density at radius 2 is 1.68 bits per heavy atom. The molecule has 0 fully saturated rings. The van der Waals surface area contributed by atoms with E-state index in [-0.39, 0.29) is 16.9 Å². The Morgan fingerprint density at radius 1 is 0.979 bits per heavy atom. The maximum atomic E-state index is 12.5. The molecule has 0 bridgehead atoms. The van der Waals surface area contributed by atoms with Crippen LogP contribution in [0.15, 0.2) is 52.4 Å². The quantitative estimate of drug-likeness (QED) is 0.0651. The number of aryl methyl sites for hydroxylation is 1. The smallest absolute Gasteiger partial charge is 0.247 e. The van der Waals surface area contributed by atoms with Crippen LogP contribution in [0.1, 0.15) is 74.6 Å². The first-order valence-corrected chi connectivity index (χ1v) is 21.9. The molecule has 47 heavy (non-hydrogen) atoms. The number of aromatic nitrogens is 4. The number of sulfone groups is 1. The van der Waals surface area contributed by atoms with Gasteiger partial charge in [-0.05, 0) is 52.3 Å². The van der Waals surface area contributed by atoms with Gasteiger partial charge in [0.2, 0.25) is 15.0 Å². The van der Waals surface area contributed by atoms with E-state index >= 15 is 0 Å². The predicted molar refractivity (Wildman–Crippen MR) is 193 cm³/mol. The zero-order valence-electron chi connectivity index (χ0n) is 29.8. The van der Waals surface area contributed by atoms with E-state index in [1.165, 1.54) is 6.20 Å². The van der Waals surface area contributed by atoms with Crippen molar-refractivity contribution in [2.24, 2.45) is 0 Å². The second-order valence-electron chi connectivity index (χ2n) is 14.3. The van der Waals surface area contributed by atoms with Gasteiger partial charge in [0.15, 0.2) is 8.32 Å². The van der Waals surface area contributed by atoms with Gasteiger partial charge in [-0.3, -0.25) is 0 Å². The van der Waals surface area contributed by atoms with Gasteiger partial charge in [-0.25, -0.2) is 23.4 Å². The van der Waals surface area contributed by atoms with Gasteiger partial charge in [0.25, 0.3) is 0 Å². The van der Waals surface area contributed by atoms with E-state index in [4.69, 9.17) is 18.6 Å². The van der Waals surface area contributed by atoms with Gasteiger partial charge in [-0.1, -0.05) is 74.4 Å². The summed E-state index contributed by atoms with van der Waals surface area (Å²) in [5.41, 5.74) is 4.94. The average Bonchev–Trinajstić information content (AvgIpc) is 3.59. The standard InChI is InChI=1S/C35H52N4O5SSi2/c1-24(2)47(25(3)4,26(5)6)44-18-11-12-31-38-32(28-14-13-27-16-19-43-30(27)22-28)33(29-15-17-36-34(37-29)45(10,40)41)39(31)23-42-20-21-46-35(7,8)9/h13-17,19,22,24-26H,11-12,18,20-21,23H2,1-10H3. The summed E-state index contributed by atoms with van der Waals surface area (Å²) in [5, 5.41) is 1.01. The molecule has 0 aliphatic rings. The van der Waals surface area contributed by atoms with Crippen LogP contribution in [0.2, 0.25) is 27.7 Å². The molecule has 4 rings (SSSR count). The van der Waals surface area contributed by atoms with Crippen LogP contribution in [0.4, 0.5) is 0 Å². The van der Waals surface area contributed by atoms with Gasteiger partial charge in [0.05, 0.1) is 23.3 Å². The Labute approximate surface area is 284 Å². The average molecular weight is 697 g/mol. The lowest BCUT2D eigenvalue weighted by molar-refractivity contribution is 0.0863. The number of nitrogens with zero attached hydrogens (tertiary/aromatic N) is 4. The predicted octanol–water partition coefficient (Wildman–Crippen LogP) is 8.60. The monoisotopic (exact) mass is 696 g/mol. The minimum absolute atomic E-state index is 0.227. The van der Waals surface area contributed by atoms with Gasteiger partial charge >= 0.3 is 0 Å². The number of furan rings is 1. The maximum Gasteiger partial charge on any atom is 0.247 e. The SMILES string of the molecule is CC(C)[Si](OCCCc1nc(-c2ccc3ccoc3c2)c(-c2ccnc(S(C)(=O)=O)n2)n1COCC[Si]C(C)(C)C)(C(C)C)C(C)C. The first-order chi connectivity index (χ1) is 22.0. The van der Waals surface area contributed by atoms with E-state index in [1.807, 2.05) is 28.8 Å².